The number of anilines is 1. The molecule has 1 fully saturated rings. The fraction of sp³-hybridized carbons (Fsp3) is 0.160. The molecule has 1 saturated heterocycles. The maximum Gasteiger partial charge on any atom is 0.301 e. The molecule has 1 atom stereocenters. The zero-order chi connectivity index (χ0) is 23.5. The number of ketones is 1. The molecule has 33 heavy (non-hydrogen) atoms. The molecule has 0 aliphatic carbocycles. The number of aromatic nitrogens is 1. The number of hydrogen-bond donors (Lipinski definition) is 1. The van der Waals surface area contributed by atoms with Gasteiger partial charge < -0.3 is 19.3 Å². The average molecular weight is 446 g/mol. The summed E-state index contributed by atoms with van der Waals surface area (Å²) in [4.78, 5) is 31.9. The first kappa shape index (κ1) is 21.9. The van der Waals surface area contributed by atoms with Gasteiger partial charge in [0.15, 0.2) is 11.5 Å². The molecule has 3 aromatic rings. The van der Waals surface area contributed by atoms with Gasteiger partial charge in [-0.15, -0.1) is 0 Å². The van der Waals surface area contributed by atoms with E-state index in [2.05, 4.69) is 4.98 Å². The summed E-state index contributed by atoms with van der Waals surface area (Å²) in [7, 11) is 4.51. The molecule has 1 amide bonds. The Morgan fingerprint density at radius 3 is 2.36 bits per heavy atom. The summed E-state index contributed by atoms with van der Waals surface area (Å²) < 4.78 is 16.0. The zero-order valence-electron chi connectivity index (χ0n) is 18.3. The van der Waals surface area contributed by atoms with Crippen LogP contribution in [0.25, 0.3) is 5.76 Å². The summed E-state index contributed by atoms with van der Waals surface area (Å²) in [5, 5.41) is 11.2. The quantitative estimate of drug-likeness (QED) is 0.350. The Bertz CT molecular complexity index is 1240. The molecule has 2 aromatic carbocycles. The number of Topliss-reactive ketones (excluding diaryl/α,β-unsaturated/α-hetero) is 1. The smallest absolute Gasteiger partial charge is 0.301 e. The normalized spacial score (nSPS) is 17.2. The summed E-state index contributed by atoms with van der Waals surface area (Å²) in [5.41, 5.74) is 0.826. The lowest BCUT2D eigenvalue weighted by atomic mass is 9.95. The van der Waals surface area contributed by atoms with Gasteiger partial charge >= 0.3 is 5.91 Å². The summed E-state index contributed by atoms with van der Waals surface area (Å²) in [6.07, 6.45) is 1.53. The third kappa shape index (κ3) is 3.87. The highest BCUT2D eigenvalue weighted by molar-refractivity contribution is 6.51. The number of benzene rings is 2. The summed E-state index contributed by atoms with van der Waals surface area (Å²) in [6, 6.07) is 15.8. The van der Waals surface area contributed by atoms with Crippen LogP contribution in [-0.4, -0.2) is 43.1 Å². The maximum atomic E-state index is 13.2. The van der Waals surface area contributed by atoms with E-state index in [-0.39, 0.29) is 17.2 Å². The molecule has 1 aliphatic rings. The number of methoxy groups -OCH3 is 3. The molecule has 0 spiro atoms. The largest absolute Gasteiger partial charge is 0.507 e. The van der Waals surface area contributed by atoms with Crippen molar-refractivity contribution in [3.05, 3.63) is 83.6 Å². The predicted octanol–water partition coefficient (Wildman–Crippen LogP) is 3.73. The molecule has 1 aromatic heterocycles. The van der Waals surface area contributed by atoms with Gasteiger partial charge in [0.2, 0.25) is 0 Å². The fourth-order valence-corrected chi connectivity index (χ4v) is 3.83. The summed E-state index contributed by atoms with van der Waals surface area (Å²) in [5.74, 6) is -0.235. The highest BCUT2D eigenvalue weighted by atomic mass is 16.5. The van der Waals surface area contributed by atoms with Crippen LogP contribution in [-0.2, 0) is 9.59 Å². The number of pyridine rings is 1. The lowest BCUT2D eigenvalue weighted by Gasteiger charge is -2.25. The van der Waals surface area contributed by atoms with Gasteiger partial charge in [0.25, 0.3) is 5.78 Å². The first-order chi connectivity index (χ1) is 16.0. The lowest BCUT2D eigenvalue weighted by molar-refractivity contribution is -0.132. The van der Waals surface area contributed by atoms with E-state index < -0.39 is 17.7 Å². The van der Waals surface area contributed by atoms with E-state index in [1.54, 1.807) is 60.7 Å². The van der Waals surface area contributed by atoms with Crippen LogP contribution in [0.5, 0.6) is 17.2 Å². The van der Waals surface area contributed by atoms with Crippen molar-refractivity contribution in [2.75, 3.05) is 26.2 Å². The van der Waals surface area contributed by atoms with Crippen LogP contribution in [0.3, 0.4) is 0 Å². The summed E-state index contributed by atoms with van der Waals surface area (Å²) in [6.45, 7) is 0. The van der Waals surface area contributed by atoms with Gasteiger partial charge in [-0.1, -0.05) is 24.3 Å². The van der Waals surface area contributed by atoms with Crippen molar-refractivity contribution in [3.63, 3.8) is 0 Å². The third-order valence-electron chi connectivity index (χ3n) is 5.41. The van der Waals surface area contributed by atoms with E-state index in [0.29, 0.717) is 28.4 Å². The van der Waals surface area contributed by atoms with Crippen molar-refractivity contribution in [2.24, 2.45) is 0 Å². The van der Waals surface area contributed by atoms with E-state index in [1.807, 2.05) is 0 Å². The number of carbonyl (C=O) groups excluding carboxylic acids is 2. The second-order valence-electron chi connectivity index (χ2n) is 7.20. The Balaban J connectivity index is 1.96. The molecule has 0 bridgehead atoms. The number of nitrogens with zero attached hydrogens (tertiary/aromatic N) is 2. The summed E-state index contributed by atoms with van der Waals surface area (Å²) >= 11 is 0. The second-order valence-corrected chi connectivity index (χ2v) is 7.20. The highest BCUT2D eigenvalue weighted by Gasteiger charge is 2.47. The number of amides is 1. The molecular weight excluding hydrogens is 424 g/mol. The predicted molar refractivity (Wildman–Crippen MR) is 122 cm³/mol. The first-order valence-electron chi connectivity index (χ1n) is 10.1. The zero-order valence-corrected chi connectivity index (χ0v) is 18.3. The lowest BCUT2D eigenvalue weighted by Crippen LogP contribution is -2.30. The molecule has 1 N–H and O–H groups in total. The fourth-order valence-electron chi connectivity index (χ4n) is 3.83. The van der Waals surface area contributed by atoms with Crippen LogP contribution in [0.2, 0.25) is 0 Å². The molecule has 1 unspecified atom stereocenters. The average Bonchev–Trinajstić information content (AvgIpc) is 3.13. The molecule has 1 aliphatic heterocycles. The molecule has 2 heterocycles. The molecule has 168 valence electrons. The van der Waals surface area contributed by atoms with E-state index in [1.165, 1.54) is 32.4 Å². The van der Waals surface area contributed by atoms with Gasteiger partial charge in [-0.25, -0.2) is 4.98 Å². The van der Waals surface area contributed by atoms with Crippen LogP contribution in [0, 0.1) is 0 Å². The number of ether oxygens (including phenoxy) is 3. The monoisotopic (exact) mass is 446 g/mol. The van der Waals surface area contributed by atoms with E-state index in [4.69, 9.17) is 14.2 Å². The minimum absolute atomic E-state index is 0.0638. The number of aliphatic hydroxyl groups is 1. The number of hydrogen-bond acceptors (Lipinski definition) is 7. The minimum Gasteiger partial charge on any atom is -0.507 e. The second kappa shape index (κ2) is 9.04. The van der Waals surface area contributed by atoms with E-state index in [0.717, 1.165) is 0 Å². The maximum absolute atomic E-state index is 13.2. The van der Waals surface area contributed by atoms with Gasteiger partial charge in [0, 0.05) is 11.8 Å². The van der Waals surface area contributed by atoms with E-state index in [9.17, 15) is 14.7 Å². The van der Waals surface area contributed by atoms with Crippen molar-refractivity contribution < 1.29 is 28.9 Å². The topological polar surface area (TPSA) is 98.2 Å². The van der Waals surface area contributed by atoms with Gasteiger partial charge in [0.05, 0.1) is 32.9 Å². The Labute approximate surface area is 190 Å². The SMILES string of the molecule is COc1cccc(/C(O)=C2\C(=O)C(=O)N(c3ccccn3)C2c2ccc(OC)c(OC)c2)c1. The molecule has 8 nitrogen and oxygen atoms in total. The van der Waals surface area contributed by atoms with Crippen molar-refractivity contribution >= 4 is 23.3 Å². The standard InChI is InChI=1S/C25H22N2O6/c1-31-17-8-6-7-16(13-17)23(28)21-22(15-10-11-18(32-2)19(14-15)33-3)27(25(30)24(21)29)20-9-4-5-12-26-20/h4-14,22,28H,1-3H3/b23-21+. The Morgan fingerprint density at radius 1 is 0.909 bits per heavy atom. The minimum atomic E-state index is -0.939. The van der Waals surface area contributed by atoms with Crippen LogP contribution >= 0.6 is 0 Å². The number of carbonyl (C=O) groups is 2. The van der Waals surface area contributed by atoms with Gasteiger partial charge in [-0.3, -0.25) is 14.5 Å². The Kier molecular flexibility index (Phi) is 5.99. The van der Waals surface area contributed by atoms with Crippen LogP contribution < -0.4 is 19.1 Å². The van der Waals surface area contributed by atoms with Crippen LogP contribution in [0.15, 0.2) is 72.4 Å². The Hall–Kier alpha value is -4.33. The third-order valence-corrected chi connectivity index (χ3v) is 5.41. The van der Waals surface area contributed by atoms with Gasteiger partial charge in [-0.05, 0) is 42.0 Å². The van der Waals surface area contributed by atoms with Crippen molar-refractivity contribution in [2.45, 2.75) is 6.04 Å². The van der Waals surface area contributed by atoms with Crippen molar-refractivity contribution in [1.29, 1.82) is 0 Å². The Morgan fingerprint density at radius 2 is 1.70 bits per heavy atom. The van der Waals surface area contributed by atoms with Crippen molar-refractivity contribution in [1.82, 2.24) is 4.98 Å². The molecular formula is C25H22N2O6. The number of aliphatic hydroxyl groups excluding tert-OH is 1. The molecule has 0 saturated carbocycles. The van der Waals surface area contributed by atoms with Crippen molar-refractivity contribution in [3.8, 4) is 17.2 Å². The van der Waals surface area contributed by atoms with Gasteiger partial charge in [0.1, 0.15) is 17.3 Å². The van der Waals surface area contributed by atoms with E-state index >= 15 is 0 Å². The highest BCUT2D eigenvalue weighted by Crippen LogP contribution is 2.43. The molecule has 0 radical (unpaired) electrons. The van der Waals surface area contributed by atoms with Crippen LogP contribution in [0.1, 0.15) is 17.2 Å². The van der Waals surface area contributed by atoms with Gasteiger partial charge in [-0.2, -0.15) is 0 Å². The molecule has 4 rings (SSSR count). The number of rotatable bonds is 6. The first-order valence-corrected chi connectivity index (χ1v) is 10.1. The van der Waals surface area contributed by atoms with Crippen LogP contribution in [0.4, 0.5) is 5.82 Å². The molecule has 8 heteroatoms.